The SMILES string of the molecule is CC(CCN)Cc1nc2ccccc2n1C. The Bertz CT molecular complexity index is 473. The van der Waals surface area contributed by atoms with Crippen LogP contribution in [0.4, 0.5) is 0 Å². The van der Waals surface area contributed by atoms with Crippen LogP contribution in [0.3, 0.4) is 0 Å². The van der Waals surface area contributed by atoms with E-state index in [1.165, 1.54) is 5.52 Å². The number of benzene rings is 1. The fourth-order valence-electron chi connectivity index (χ4n) is 2.08. The van der Waals surface area contributed by atoms with E-state index < -0.39 is 0 Å². The summed E-state index contributed by atoms with van der Waals surface area (Å²) >= 11 is 0. The Morgan fingerprint density at radius 2 is 2.12 bits per heavy atom. The van der Waals surface area contributed by atoms with Gasteiger partial charge >= 0.3 is 0 Å². The number of rotatable bonds is 4. The number of para-hydroxylation sites is 2. The highest BCUT2D eigenvalue weighted by molar-refractivity contribution is 5.75. The van der Waals surface area contributed by atoms with E-state index in [2.05, 4.69) is 41.7 Å². The quantitative estimate of drug-likeness (QED) is 0.852. The molecule has 0 amide bonds. The van der Waals surface area contributed by atoms with Gasteiger partial charge in [0.1, 0.15) is 5.82 Å². The fraction of sp³-hybridized carbons (Fsp3) is 0.462. The molecule has 1 unspecified atom stereocenters. The zero-order valence-corrected chi connectivity index (χ0v) is 9.98. The third-order valence-corrected chi connectivity index (χ3v) is 3.07. The van der Waals surface area contributed by atoms with E-state index >= 15 is 0 Å². The number of hydrogen-bond acceptors (Lipinski definition) is 2. The lowest BCUT2D eigenvalue weighted by Gasteiger charge is -2.09. The molecular formula is C13H19N3. The third-order valence-electron chi connectivity index (χ3n) is 3.07. The second kappa shape index (κ2) is 4.66. The Hall–Kier alpha value is -1.35. The fourth-order valence-corrected chi connectivity index (χ4v) is 2.08. The van der Waals surface area contributed by atoms with E-state index in [1.807, 2.05) is 6.07 Å². The molecular weight excluding hydrogens is 198 g/mol. The van der Waals surface area contributed by atoms with Crippen molar-refractivity contribution < 1.29 is 0 Å². The van der Waals surface area contributed by atoms with Crippen LogP contribution >= 0.6 is 0 Å². The molecule has 2 aromatic rings. The largest absolute Gasteiger partial charge is 0.331 e. The maximum Gasteiger partial charge on any atom is 0.109 e. The van der Waals surface area contributed by atoms with E-state index in [-0.39, 0.29) is 0 Å². The molecule has 0 fully saturated rings. The minimum absolute atomic E-state index is 0.598. The van der Waals surface area contributed by atoms with Crippen molar-refractivity contribution in [2.45, 2.75) is 19.8 Å². The first-order chi connectivity index (χ1) is 7.72. The molecule has 0 spiro atoms. The number of fused-ring (bicyclic) bond motifs is 1. The van der Waals surface area contributed by atoms with E-state index in [0.29, 0.717) is 5.92 Å². The Kier molecular flexibility index (Phi) is 3.25. The van der Waals surface area contributed by atoms with E-state index in [0.717, 1.165) is 30.7 Å². The molecule has 3 heteroatoms. The molecule has 2 N–H and O–H groups in total. The molecule has 2 rings (SSSR count). The zero-order chi connectivity index (χ0) is 11.5. The molecule has 0 bridgehead atoms. The highest BCUT2D eigenvalue weighted by atomic mass is 15.1. The van der Waals surface area contributed by atoms with Gasteiger partial charge in [-0.05, 0) is 31.0 Å². The van der Waals surface area contributed by atoms with Gasteiger partial charge in [0.2, 0.25) is 0 Å². The molecule has 0 radical (unpaired) electrons. The predicted molar refractivity (Wildman–Crippen MR) is 67.3 cm³/mol. The maximum atomic E-state index is 5.57. The first kappa shape index (κ1) is 11.1. The van der Waals surface area contributed by atoms with Crippen molar-refractivity contribution in [3.63, 3.8) is 0 Å². The summed E-state index contributed by atoms with van der Waals surface area (Å²) in [5.41, 5.74) is 7.86. The molecule has 0 aliphatic rings. The van der Waals surface area contributed by atoms with Gasteiger partial charge in [-0.15, -0.1) is 0 Å². The summed E-state index contributed by atoms with van der Waals surface area (Å²) in [5, 5.41) is 0. The van der Waals surface area contributed by atoms with Crippen molar-refractivity contribution in [3.8, 4) is 0 Å². The number of nitrogens with two attached hydrogens (primary N) is 1. The second-order valence-electron chi connectivity index (χ2n) is 4.46. The minimum Gasteiger partial charge on any atom is -0.331 e. The van der Waals surface area contributed by atoms with Crippen LogP contribution in [0, 0.1) is 5.92 Å². The van der Waals surface area contributed by atoms with E-state index in [4.69, 9.17) is 5.73 Å². The lowest BCUT2D eigenvalue weighted by atomic mass is 10.0. The van der Waals surface area contributed by atoms with Gasteiger partial charge in [-0.3, -0.25) is 0 Å². The summed E-state index contributed by atoms with van der Waals surface area (Å²) in [6, 6.07) is 8.26. The topological polar surface area (TPSA) is 43.8 Å². The first-order valence-corrected chi connectivity index (χ1v) is 5.82. The molecule has 1 atom stereocenters. The molecule has 1 aromatic heterocycles. The highest BCUT2D eigenvalue weighted by Gasteiger charge is 2.10. The Morgan fingerprint density at radius 3 is 2.81 bits per heavy atom. The van der Waals surface area contributed by atoms with Crippen molar-refractivity contribution in [2.24, 2.45) is 18.7 Å². The van der Waals surface area contributed by atoms with Crippen molar-refractivity contribution >= 4 is 11.0 Å². The number of nitrogens with zero attached hydrogens (tertiary/aromatic N) is 2. The standard InChI is InChI=1S/C13H19N3/c1-10(7-8-14)9-13-15-11-5-3-4-6-12(11)16(13)2/h3-6,10H,7-9,14H2,1-2H3. The van der Waals surface area contributed by atoms with Crippen molar-refractivity contribution in [3.05, 3.63) is 30.1 Å². The molecule has 0 aliphatic heterocycles. The van der Waals surface area contributed by atoms with Gasteiger partial charge in [-0.1, -0.05) is 19.1 Å². The summed E-state index contributed by atoms with van der Waals surface area (Å²) in [6.07, 6.45) is 2.06. The molecule has 3 nitrogen and oxygen atoms in total. The summed E-state index contributed by atoms with van der Waals surface area (Å²) in [5.74, 6) is 1.75. The molecule has 1 heterocycles. The average Bonchev–Trinajstić information content (AvgIpc) is 2.57. The van der Waals surface area contributed by atoms with Crippen molar-refractivity contribution in [1.82, 2.24) is 9.55 Å². The maximum absolute atomic E-state index is 5.57. The van der Waals surface area contributed by atoms with Gasteiger partial charge < -0.3 is 10.3 Å². The Balaban J connectivity index is 2.27. The van der Waals surface area contributed by atoms with E-state index in [1.54, 1.807) is 0 Å². The van der Waals surface area contributed by atoms with Crippen LogP contribution in [0.2, 0.25) is 0 Å². The molecule has 0 saturated carbocycles. The second-order valence-corrected chi connectivity index (χ2v) is 4.46. The minimum atomic E-state index is 0.598. The number of imidazole rings is 1. The average molecular weight is 217 g/mol. The lowest BCUT2D eigenvalue weighted by molar-refractivity contribution is 0.517. The Labute approximate surface area is 96.3 Å². The smallest absolute Gasteiger partial charge is 0.109 e. The lowest BCUT2D eigenvalue weighted by Crippen LogP contribution is -2.10. The highest BCUT2D eigenvalue weighted by Crippen LogP contribution is 2.17. The van der Waals surface area contributed by atoms with Gasteiger partial charge in [0.25, 0.3) is 0 Å². The molecule has 1 aromatic carbocycles. The van der Waals surface area contributed by atoms with Crippen LogP contribution in [0.5, 0.6) is 0 Å². The molecule has 0 aliphatic carbocycles. The van der Waals surface area contributed by atoms with Gasteiger partial charge in [-0.25, -0.2) is 4.98 Å². The van der Waals surface area contributed by atoms with Crippen LogP contribution < -0.4 is 5.73 Å². The van der Waals surface area contributed by atoms with Gasteiger partial charge in [0.15, 0.2) is 0 Å². The van der Waals surface area contributed by atoms with Crippen LogP contribution in [0.25, 0.3) is 11.0 Å². The first-order valence-electron chi connectivity index (χ1n) is 5.82. The molecule has 86 valence electrons. The monoisotopic (exact) mass is 217 g/mol. The van der Waals surface area contributed by atoms with E-state index in [9.17, 15) is 0 Å². The Morgan fingerprint density at radius 1 is 1.38 bits per heavy atom. The van der Waals surface area contributed by atoms with Crippen molar-refractivity contribution in [1.29, 1.82) is 0 Å². The van der Waals surface area contributed by atoms with Gasteiger partial charge in [-0.2, -0.15) is 0 Å². The summed E-state index contributed by atoms with van der Waals surface area (Å²) in [6.45, 7) is 2.98. The summed E-state index contributed by atoms with van der Waals surface area (Å²) in [7, 11) is 2.08. The third kappa shape index (κ3) is 2.09. The number of hydrogen-bond donors (Lipinski definition) is 1. The van der Waals surface area contributed by atoms with Crippen LogP contribution in [-0.2, 0) is 13.5 Å². The van der Waals surface area contributed by atoms with Gasteiger partial charge in [0.05, 0.1) is 11.0 Å². The van der Waals surface area contributed by atoms with Crippen molar-refractivity contribution in [2.75, 3.05) is 6.54 Å². The predicted octanol–water partition coefficient (Wildman–Crippen LogP) is 2.10. The number of aromatic nitrogens is 2. The van der Waals surface area contributed by atoms with Crippen LogP contribution in [-0.4, -0.2) is 16.1 Å². The van der Waals surface area contributed by atoms with Gasteiger partial charge in [0, 0.05) is 13.5 Å². The summed E-state index contributed by atoms with van der Waals surface area (Å²) < 4.78 is 2.18. The summed E-state index contributed by atoms with van der Waals surface area (Å²) in [4.78, 5) is 4.66. The van der Waals surface area contributed by atoms with Crippen LogP contribution in [0.1, 0.15) is 19.2 Å². The number of aryl methyl sites for hydroxylation is 1. The normalized spacial score (nSPS) is 13.2. The zero-order valence-electron chi connectivity index (χ0n) is 9.98. The molecule has 0 saturated heterocycles. The molecule has 16 heavy (non-hydrogen) atoms. The van der Waals surface area contributed by atoms with Crippen LogP contribution in [0.15, 0.2) is 24.3 Å².